The maximum Gasteiger partial charge on any atom is 0.408 e. The third kappa shape index (κ3) is 6.74. The van der Waals surface area contributed by atoms with E-state index < -0.39 is 35.7 Å². The summed E-state index contributed by atoms with van der Waals surface area (Å²) in [5.41, 5.74) is 0.116. The zero-order valence-corrected chi connectivity index (χ0v) is 16.0. The van der Waals surface area contributed by atoms with Gasteiger partial charge in [-0.25, -0.2) is 9.59 Å². The standard InChI is InChI=1S/C19H28N2O5/c1-6-15(20-18(25)26-19(3,4)5)16(22)21(13(2)17(23)24)12-14-10-8-7-9-11-14/h7-11,13,15H,6,12H2,1-5H3,(H,20,25)(H,23,24)/t13-,15+/m0/s1. The quantitative estimate of drug-likeness (QED) is 0.775. The second kappa shape index (κ2) is 9.22. The van der Waals surface area contributed by atoms with Crippen LogP contribution in [0, 0.1) is 0 Å². The maximum atomic E-state index is 12.9. The van der Waals surface area contributed by atoms with Crippen LogP contribution in [0.5, 0.6) is 0 Å². The summed E-state index contributed by atoms with van der Waals surface area (Å²) in [4.78, 5) is 37.6. The molecular formula is C19H28N2O5. The highest BCUT2D eigenvalue weighted by Crippen LogP contribution is 2.13. The topological polar surface area (TPSA) is 95.9 Å². The zero-order valence-electron chi connectivity index (χ0n) is 16.0. The van der Waals surface area contributed by atoms with E-state index in [4.69, 9.17) is 4.74 Å². The molecule has 0 bridgehead atoms. The zero-order chi connectivity index (χ0) is 19.9. The summed E-state index contributed by atoms with van der Waals surface area (Å²) in [6.07, 6.45) is -0.393. The number of carboxylic acids is 1. The van der Waals surface area contributed by atoms with Crippen LogP contribution in [0.3, 0.4) is 0 Å². The van der Waals surface area contributed by atoms with Gasteiger partial charge in [0.25, 0.3) is 0 Å². The van der Waals surface area contributed by atoms with Crippen LogP contribution in [-0.4, -0.2) is 45.7 Å². The Kier molecular flexibility index (Phi) is 7.61. The van der Waals surface area contributed by atoms with Gasteiger partial charge in [0.15, 0.2) is 0 Å². The molecule has 26 heavy (non-hydrogen) atoms. The molecule has 0 aromatic heterocycles. The second-order valence-corrected chi connectivity index (χ2v) is 7.07. The molecular weight excluding hydrogens is 336 g/mol. The lowest BCUT2D eigenvalue weighted by atomic mass is 10.1. The first-order chi connectivity index (χ1) is 12.0. The van der Waals surface area contributed by atoms with Gasteiger partial charge in [-0.2, -0.15) is 0 Å². The molecule has 0 unspecified atom stereocenters. The summed E-state index contributed by atoms with van der Waals surface area (Å²) in [5.74, 6) is -1.57. The van der Waals surface area contributed by atoms with Gasteiger partial charge in [-0.3, -0.25) is 4.79 Å². The number of hydrogen-bond acceptors (Lipinski definition) is 4. The largest absolute Gasteiger partial charge is 0.480 e. The van der Waals surface area contributed by atoms with Gasteiger partial charge in [0.2, 0.25) is 5.91 Å². The molecule has 0 aliphatic carbocycles. The van der Waals surface area contributed by atoms with Crippen LogP contribution in [0.25, 0.3) is 0 Å². The number of carboxylic acid groups (broad SMARTS) is 1. The molecule has 0 fully saturated rings. The molecule has 7 heteroatoms. The van der Waals surface area contributed by atoms with Crippen LogP contribution < -0.4 is 5.32 Å². The molecule has 144 valence electrons. The fourth-order valence-electron chi connectivity index (χ4n) is 2.31. The van der Waals surface area contributed by atoms with Crippen molar-refractivity contribution in [1.29, 1.82) is 0 Å². The molecule has 2 atom stereocenters. The Morgan fingerprint density at radius 3 is 2.23 bits per heavy atom. The Labute approximate surface area is 154 Å². The average molecular weight is 364 g/mol. The molecule has 0 radical (unpaired) electrons. The maximum absolute atomic E-state index is 12.9. The minimum absolute atomic E-state index is 0.139. The van der Waals surface area contributed by atoms with Crippen molar-refractivity contribution < 1.29 is 24.2 Å². The van der Waals surface area contributed by atoms with Crippen molar-refractivity contribution in [2.24, 2.45) is 0 Å². The predicted molar refractivity (Wildman–Crippen MR) is 97.5 cm³/mol. The van der Waals surface area contributed by atoms with Crippen LogP contribution in [0.15, 0.2) is 30.3 Å². The van der Waals surface area contributed by atoms with Crippen molar-refractivity contribution in [1.82, 2.24) is 10.2 Å². The summed E-state index contributed by atoms with van der Waals surface area (Å²) in [5, 5.41) is 11.9. The molecule has 0 saturated heterocycles. The van der Waals surface area contributed by atoms with Crippen molar-refractivity contribution in [3.8, 4) is 0 Å². The monoisotopic (exact) mass is 364 g/mol. The number of benzene rings is 1. The summed E-state index contributed by atoms with van der Waals surface area (Å²) in [7, 11) is 0. The van der Waals surface area contributed by atoms with Gasteiger partial charge < -0.3 is 20.1 Å². The van der Waals surface area contributed by atoms with Gasteiger partial charge in [0, 0.05) is 6.54 Å². The third-order valence-corrected chi connectivity index (χ3v) is 3.70. The Morgan fingerprint density at radius 1 is 1.19 bits per heavy atom. The molecule has 0 aliphatic heterocycles. The van der Waals surface area contributed by atoms with Crippen molar-refractivity contribution in [2.45, 2.75) is 65.3 Å². The van der Waals surface area contributed by atoms with Crippen LogP contribution in [0.1, 0.15) is 46.6 Å². The first-order valence-electron chi connectivity index (χ1n) is 8.62. The van der Waals surface area contributed by atoms with Crippen LogP contribution in [0.2, 0.25) is 0 Å². The molecule has 0 saturated carbocycles. The molecule has 0 spiro atoms. The third-order valence-electron chi connectivity index (χ3n) is 3.70. The Morgan fingerprint density at radius 2 is 1.77 bits per heavy atom. The highest BCUT2D eigenvalue weighted by atomic mass is 16.6. The SMILES string of the molecule is CC[C@@H](NC(=O)OC(C)(C)C)C(=O)N(Cc1ccccc1)[C@@H](C)C(=O)O. The number of amides is 2. The number of ether oxygens (including phenoxy) is 1. The van der Waals surface area contributed by atoms with E-state index in [1.165, 1.54) is 11.8 Å². The molecule has 0 aliphatic rings. The van der Waals surface area contributed by atoms with E-state index in [9.17, 15) is 19.5 Å². The smallest absolute Gasteiger partial charge is 0.408 e. The number of carbonyl (C=O) groups is 3. The Bertz CT molecular complexity index is 625. The van der Waals surface area contributed by atoms with Crippen molar-refractivity contribution in [3.05, 3.63) is 35.9 Å². The van der Waals surface area contributed by atoms with E-state index >= 15 is 0 Å². The van der Waals surface area contributed by atoms with Crippen molar-refractivity contribution in [2.75, 3.05) is 0 Å². The van der Waals surface area contributed by atoms with Crippen molar-refractivity contribution >= 4 is 18.0 Å². The number of nitrogens with zero attached hydrogens (tertiary/aromatic N) is 1. The summed E-state index contributed by atoms with van der Waals surface area (Å²) < 4.78 is 5.19. The Balaban J connectivity index is 2.97. The van der Waals surface area contributed by atoms with E-state index in [1.54, 1.807) is 27.7 Å². The summed E-state index contributed by atoms with van der Waals surface area (Å²) in [6.45, 7) is 8.51. The lowest BCUT2D eigenvalue weighted by Gasteiger charge is -2.31. The first-order valence-corrected chi connectivity index (χ1v) is 8.62. The van der Waals surface area contributed by atoms with Crippen LogP contribution >= 0.6 is 0 Å². The summed E-state index contributed by atoms with van der Waals surface area (Å²) in [6, 6.07) is 7.22. The van der Waals surface area contributed by atoms with Gasteiger partial charge in [0.05, 0.1) is 0 Å². The van der Waals surface area contributed by atoms with E-state index in [0.29, 0.717) is 6.42 Å². The second-order valence-electron chi connectivity index (χ2n) is 7.07. The minimum atomic E-state index is -1.11. The number of alkyl carbamates (subject to hydrolysis) is 1. The number of aliphatic carboxylic acids is 1. The lowest BCUT2D eigenvalue weighted by Crippen LogP contribution is -2.53. The summed E-state index contributed by atoms with van der Waals surface area (Å²) >= 11 is 0. The highest BCUT2D eigenvalue weighted by molar-refractivity contribution is 5.89. The van der Waals surface area contributed by atoms with Gasteiger partial charge in [-0.1, -0.05) is 37.3 Å². The predicted octanol–water partition coefficient (Wildman–Crippen LogP) is 2.79. The van der Waals surface area contributed by atoms with E-state index in [0.717, 1.165) is 5.56 Å². The first kappa shape index (κ1) is 21.5. The van der Waals surface area contributed by atoms with Gasteiger partial charge in [-0.05, 0) is 39.7 Å². The fourth-order valence-corrected chi connectivity index (χ4v) is 2.31. The highest BCUT2D eigenvalue weighted by Gasteiger charge is 2.32. The van der Waals surface area contributed by atoms with E-state index in [-0.39, 0.29) is 6.54 Å². The average Bonchev–Trinajstić information content (AvgIpc) is 2.55. The molecule has 2 N–H and O–H groups in total. The van der Waals surface area contributed by atoms with Crippen LogP contribution in [0.4, 0.5) is 4.79 Å². The fraction of sp³-hybridized carbons (Fsp3) is 0.526. The van der Waals surface area contributed by atoms with Crippen molar-refractivity contribution in [3.63, 3.8) is 0 Å². The molecule has 7 nitrogen and oxygen atoms in total. The number of rotatable bonds is 7. The molecule has 1 aromatic rings. The van der Waals surface area contributed by atoms with Gasteiger partial charge >= 0.3 is 12.1 Å². The minimum Gasteiger partial charge on any atom is -0.480 e. The molecule has 1 aromatic carbocycles. The lowest BCUT2D eigenvalue weighted by molar-refractivity contribution is -0.150. The van der Waals surface area contributed by atoms with E-state index in [2.05, 4.69) is 5.32 Å². The van der Waals surface area contributed by atoms with E-state index in [1.807, 2.05) is 30.3 Å². The molecule has 0 heterocycles. The number of carbonyl (C=O) groups excluding carboxylic acids is 2. The number of nitrogens with one attached hydrogen (secondary N) is 1. The van der Waals surface area contributed by atoms with Crippen LogP contribution in [-0.2, 0) is 20.9 Å². The normalized spacial score (nSPS) is 13.4. The molecule has 2 amide bonds. The Hall–Kier alpha value is -2.57. The van der Waals surface area contributed by atoms with Gasteiger partial charge in [0.1, 0.15) is 17.7 Å². The van der Waals surface area contributed by atoms with Gasteiger partial charge in [-0.15, -0.1) is 0 Å². The molecule has 1 rings (SSSR count). The number of hydrogen-bond donors (Lipinski definition) is 2.